The van der Waals surface area contributed by atoms with Crippen molar-refractivity contribution in [2.75, 3.05) is 27.2 Å². The number of likely N-dealkylation sites (N-methyl/N-ethyl adjacent to an activating group) is 1. The monoisotopic (exact) mass is 625 g/mol. The van der Waals surface area contributed by atoms with Gasteiger partial charge in [-0.15, -0.1) is 0 Å². The second-order valence-electron chi connectivity index (χ2n) is 10.1. The summed E-state index contributed by atoms with van der Waals surface area (Å²) in [6.07, 6.45) is 4.43. The molecule has 0 aliphatic rings. The fourth-order valence-corrected chi connectivity index (χ4v) is 4.90. The molecule has 0 aliphatic heterocycles. The number of carbonyl (C=O) groups is 2. The van der Waals surface area contributed by atoms with Crippen LogP contribution >= 0.6 is 27.5 Å². The summed E-state index contributed by atoms with van der Waals surface area (Å²) in [5.41, 5.74) is 4.12. The highest BCUT2D eigenvalue weighted by molar-refractivity contribution is 9.10. The number of pyridine rings is 1. The van der Waals surface area contributed by atoms with Crippen LogP contribution in [0.1, 0.15) is 29.8 Å². The van der Waals surface area contributed by atoms with Crippen molar-refractivity contribution in [3.05, 3.63) is 87.6 Å². The van der Waals surface area contributed by atoms with E-state index in [0.717, 1.165) is 26.9 Å². The molecule has 0 fully saturated rings. The van der Waals surface area contributed by atoms with Crippen molar-refractivity contribution in [3.63, 3.8) is 0 Å². The summed E-state index contributed by atoms with van der Waals surface area (Å²) in [6, 6.07) is 16.6. The first kappa shape index (κ1) is 29.6. The zero-order chi connectivity index (χ0) is 28.8. The number of hydrogen-bond acceptors (Lipinski definition) is 5. The summed E-state index contributed by atoms with van der Waals surface area (Å²) in [7, 11) is 3.66. The van der Waals surface area contributed by atoms with Crippen LogP contribution in [0, 0.1) is 0 Å². The second kappa shape index (κ2) is 13.3. The van der Waals surface area contributed by atoms with Gasteiger partial charge in [-0.2, -0.15) is 0 Å². The third-order valence-electron chi connectivity index (χ3n) is 6.06. The molecule has 0 saturated carbocycles. The van der Waals surface area contributed by atoms with Gasteiger partial charge in [0.25, 0.3) is 5.91 Å². The number of carbonyl (C=O) groups excluding carboxylic acids is 2. The second-order valence-corrected chi connectivity index (χ2v) is 11.4. The molecule has 0 radical (unpaired) electrons. The number of rotatable bonds is 11. The number of fused-ring (bicyclic) bond motifs is 1. The topological polar surface area (TPSA) is 88.0 Å². The number of amides is 2. The van der Waals surface area contributed by atoms with Crippen LogP contribution in [-0.2, 0) is 11.2 Å². The van der Waals surface area contributed by atoms with Crippen LogP contribution in [-0.4, -0.2) is 65.4 Å². The molecular formula is C30H33BrClN5O3. The average molecular weight is 627 g/mol. The summed E-state index contributed by atoms with van der Waals surface area (Å²) in [6.45, 7) is 4.37. The van der Waals surface area contributed by atoms with Crippen LogP contribution in [0.2, 0.25) is 5.02 Å². The van der Waals surface area contributed by atoms with Gasteiger partial charge in [-0.05, 0) is 86.2 Å². The Labute approximate surface area is 247 Å². The number of nitrogens with one attached hydrogen (secondary N) is 2. The SMILES string of the molecule is CC(C)Oc1ccc(C(=O)N[C@H](CNC(=O)CN(C)C)Cc2ccc(-c3cn4cccc(Br)c4n3)cc2)cc1Cl. The lowest BCUT2D eigenvalue weighted by Gasteiger charge is -2.21. The maximum atomic E-state index is 13.2. The van der Waals surface area contributed by atoms with Gasteiger partial charge >= 0.3 is 0 Å². The Hall–Kier alpha value is -3.40. The summed E-state index contributed by atoms with van der Waals surface area (Å²) in [5.74, 6) is 0.131. The molecule has 8 nitrogen and oxygen atoms in total. The lowest BCUT2D eigenvalue weighted by molar-refractivity contribution is -0.121. The van der Waals surface area contributed by atoms with Crippen molar-refractivity contribution in [2.24, 2.45) is 0 Å². The first-order valence-electron chi connectivity index (χ1n) is 13.0. The molecule has 210 valence electrons. The van der Waals surface area contributed by atoms with Crippen molar-refractivity contribution in [2.45, 2.75) is 32.4 Å². The minimum Gasteiger partial charge on any atom is -0.489 e. The van der Waals surface area contributed by atoms with Gasteiger partial charge in [0.15, 0.2) is 5.65 Å². The van der Waals surface area contributed by atoms with E-state index < -0.39 is 0 Å². The van der Waals surface area contributed by atoms with E-state index in [1.165, 1.54) is 0 Å². The molecular weight excluding hydrogens is 594 g/mol. The minimum atomic E-state index is -0.346. The van der Waals surface area contributed by atoms with Crippen molar-refractivity contribution in [3.8, 4) is 17.0 Å². The van der Waals surface area contributed by atoms with Crippen molar-refractivity contribution in [1.29, 1.82) is 0 Å². The molecule has 40 heavy (non-hydrogen) atoms. The average Bonchev–Trinajstić information content (AvgIpc) is 3.34. The van der Waals surface area contributed by atoms with Crippen LogP contribution in [0.5, 0.6) is 5.75 Å². The van der Waals surface area contributed by atoms with E-state index >= 15 is 0 Å². The summed E-state index contributed by atoms with van der Waals surface area (Å²) in [5, 5.41) is 6.36. The van der Waals surface area contributed by atoms with Gasteiger partial charge in [0, 0.05) is 30.1 Å². The zero-order valence-electron chi connectivity index (χ0n) is 22.9. The van der Waals surface area contributed by atoms with Crippen LogP contribution < -0.4 is 15.4 Å². The third-order valence-corrected chi connectivity index (χ3v) is 6.98. The number of hydrogen-bond donors (Lipinski definition) is 2. The number of benzene rings is 2. The van der Waals surface area contributed by atoms with Gasteiger partial charge < -0.3 is 24.7 Å². The van der Waals surface area contributed by atoms with E-state index in [2.05, 4.69) is 26.6 Å². The van der Waals surface area contributed by atoms with Crippen LogP contribution in [0.4, 0.5) is 0 Å². The minimum absolute atomic E-state index is 0.0340. The standard InChI is InChI=1S/C30H33BrClN5O3/c1-19(2)40-27-12-11-22(15-25(27)32)30(39)34-23(16-33-28(38)18-36(3)4)14-20-7-9-21(10-8-20)26-17-37-13-5-6-24(31)29(37)35-26/h5-13,15,17,19,23H,14,16,18H2,1-4H3,(H,33,38)(H,34,39)/t23-/m0/s1. The highest BCUT2D eigenvalue weighted by Gasteiger charge is 2.18. The third kappa shape index (κ3) is 7.84. The fourth-order valence-electron chi connectivity index (χ4n) is 4.23. The predicted octanol–water partition coefficient (Wildman–Crippen LogP) is 5.22. The molecule has 2 N–H and O–H groups in total. The Kier molecular flexibility index (Phi) is 9.84. The Bertz CT molecular complexity index is 1490. The number of nitrogens with zero attached hydrogens (tertiary/aromatic N) is 3. The number of aromatic nitrogens is 2. The van der Waals surface area contributed by atoms with E-state index in [4.69, 9.17) is 21.3 Å². The molecule has 0 bridgehead atoms. The van der Waals surface area contributed by atoms with E-state index in [0.29, 0.717) is 22.8 Å². The van der Waals surface area contributed by atoms with E-state index in [9.17, 15) is 9.59 Å². The van der Waals surface area contributed by atoms with Crippen LogP contribution in [0.15, 0.2) is 71.5 Å². The molecule has 1 atom stereocenters. The summed E-state index contributed by atoms with van der Waals surface area (Å²) < 4.78 is 8.58. The first-order valence-corrected chi connectivity index (χ1v) is 14.2. The molecule has 2 heterocycles. The number of ether oxygens (including phenoxy) is 1. The van der Waals surface area contributed by atoms with E-state index in [1.807, 2.05) is 81.1 Å². The maximum absolute atomic E-state index is 13.2. The highest BCUT2D eigenvalue weighted by atomic mass is 79.9. The zero-order valence-corrected chi connectivity index (χ0v) is 25.3. The van der Waals surface area contributed by atoms with Gasteiger partial charge in [0.1, 0.15) is 5.75 Å². The Morgan fingerprint density at radius 1 is 1.12 bits per heavy atom. The highest BCUT2D eigenvalue weighted by Crippen LogP contribution is 2.27. The van der Waals surface area contributed by atoms with E-state index in [1.54, 1.807) is 23.1 Å². The summed E-state index contributed by atoms with van der Waals surface area (Å²) in [4.78, 5) is 32.0. The normalized spacial score (nSPS) is 12.1. The molecule has 2 amide bonds. The Morgan fingerprint density at radius 3 is 2.52 bits per heavy atom. The maximum Gasteiger partial charge on any atom is 0.251 e. The molecule has 0 aliphatic carbocycles. The molecule has 4 rings (SSSR count). The molecule has 0 unspecified atom stereocenters. The van der Waals surface area contributed by atoms with Gasteiger partial charge in [0.05, 0.1) is 33.9 Å². The molecule has 10 heteroatoms. The van der Waals surface area contributed by atoms with E-state index in [-0.39, 0.29) is 37.0 Å². The number of halogens is 2. The van der Waals surface area contributed by atoms with Gasteiger partial charge in [-0.1, -0.05) is 35.9 Å². The van der Waals surface area contributed by atoms with Crippen molar-refractivity contribution < 1.29 is 14.3 Å². The number of imidazole rings is 1. The largest absolute Gasteiger partial charge is 0.489 e. The summed E-state index contributed by atoms with van der Waals surface area (Å²) >= 11 is 9.91. The first-order chi connectivity index (χ1) is 19.1. The molecule has 0 saturated heterocycles. The fraction of sp³-hybridized carbons (Fsp3) is 0.300. The lowest BCUT2D eigenvalue weighted by Crippen LogP contribution is -2.46. The van der Waals surface area contributed by atoms with Crippen LogP contribution in [0.25, 0.3) is 16.9 Å². The molecule has 2 aromatic heterocycles. The predicted molar refractivity (Wildman–Crippen MR) is 162 cm³/mol. The molecule has 0 spiro atoms. The van der Waals surface area contributed by atoms with Crippen molar-refractivity contribution >= 4 is 45.0 Å². The lowest BCUT2D eigenvalue weighted by atomic mass is 10.0. The van der Waals surface area contributed by atoms with Gasteiger partial charge in [-0.25, -0.2) is 4.98 Å². The Morgan fingerprint density at radius 2 is 1.88 bits per heavy atom. The van der Waals surface area contributed by atoms with Gasteiger partial charge in [-0.3, -0.25) is 9.59 Å². The Balaban J connectivity index is 1.49. The smallest absolute Gasteiger partial charge is 0.251 e. The molecule has 4 aromatic rings. The van der Waals surface area contributed by atoms with Gasteiger partial charge in [0.2, 0.25) is 5.91 Å². The molecule has 2 aromatic carbocycles. The van der Waals surface area contributed by atoms with Crippen molar-refractivity contribution in [1.82, 2.24) is 24.9 Å². The van der Waals surface area contributed by atoms with Crippen LogP contribution in [0.3, 0.4) is 0 Å². The quantitative estimate of drug-likeness (QED) is 0.238.